The standard InChI is InChI=1S/C13H12BrCl2N3O2/c1-3-21-13(20)10-12(17)19(6(2)18-10)11-8(15)4-7(14)5-9(11)16/h4-5H,3,17H2,1-2H3. The van der Waals surface area contributed by atoms with Crippen LogP contribution < -0.4 is 5.73 Å². The van der Waals surface area contributed by atoms with Crippen molar-refractivity contribution in [2.75, 3.05) is 12.3 Å². The van der Waals surface area contributed by atoms with Crippen molar-refractivity contribution in [1.29, 1.82) is 0 Å². The fourth-order valence-electron chi connectivity index (χ4n) is 1.93. The number of aryl methyl sites for hydroxylation is 1. The maximum Gasteiger partial charge on any atom is 0.360 e. The van der Waals surface area contributed by atoms with Crippen molar-refractivity contribution in [2.24, 2.45) is 0 Å². The first kappa shape index (κ1) is 16.1. The van der Waals surface area contributed by atoms with E-state index >= 15 is 0 Å². The number of nitrogens with two attached hydrogens (primary N) is 1. The van der Waals surface area contributed by atoms with Gasteiger partial charge in [-0.05, 0) is 26.0 Å². The van der Waals surface area contributed by atoms with Crippen molar-refractivity contribution < 1.29 is 9.53 Å². The smallest absolute Gasteiger partial charge is 0.360 e. The van der Waals surface area contributed by atoms with Crippen LogP contribution in [0.4, 0.5) is 5.82 Å². The van der Waals surface area contributed by atoms with Crippen molar-refractivity contribution in [1.82, 2.24) is 9.55 Å². The molecule has 2 rings (SSSR count). The Kier molecular flexibility index (Phi) is 4.81. The molecule has 0 saturated heterocycles. The largest absolute Gasteiger partial charge is 0.461 e. The molecule has 0 atom stereocenters. The summed E-state index contributed by atoms with van der Waals surface area (Å²) in [6, 6.07) is 3.37. The summed E-state index contributed by atoms with van der Waals surface area (Å²) in [5.74, 6) is 0.0416. The zero-order chi connectivity index (χ0) is 15.7. The molecule has 2 N–H and O–H groups in total. The number of hydrogen-bond donors (Lipinski definition) is 1. The number of aromatic nitrogens is 2. The number of nitrogens with zero attached hydrogens (tertiary/aromatic N) is 2. The maximum absolute atomic E-state index is 11.8. The quantitative estimate of drug-likeness (QED) is 0.801. The van der Waals surface area contributed by atoms with Crippen LogP contribution in [-0.2, 0) is 4.74 Å². The third kappa shape index (κ3) is 3.02. The second kappa shape index (κ2) is 6.25. The van der Waals surface area contributed by atoms with Crippen LogP contribution in [0.2, 0.25) is 10.0 Å². The van der Waals surface area contributed by atoms with Crippen molar-refractivity contribution >= 4 is 50.9 Å². The van der Waals surface area contributed by atoms with Gasteiger partial charge in [-0.25, -0.2) is 9.78 Å². The molecule has 1 aromatic heterocycles. The van der Waals surface area contributed by atoms with Crippen molar-refractivity contribution in [2.45, 2.75) is 13.8 Å². The van der Waals surface area contributed by atoms with Gasteiger partial charge in [0.25, 0.3) is 0 Å². The van der Waals surface area contributed by atoms with Crippen LogP contribution in [-0.4, -0.2) is 22.1 Å². The molecule has 0 spiro atoms. The van der Waals surface area contributed by atoms with Gasteiger partial charge in [-0.3, -0.25) is 4.57 Å². The van der Waals surface area contributed by atoms with E-state index in [1.165, 1.54) is 4.57 Å². The average Bonchev–Trinajstić information content (AvgIpc) is 2.66. The molecule has 0 aliphatic rings. The van der Waals surface area contributed by atoms with Crippen LogP contribution in [0.3, 0.4) is 0 Å². The van der Waals surface area contributed by atoms with Gasteiger partial charge in [-0.2, -0.15) is 0 Å². The molecular formula is C13H12BrCl2N3O2. The summed E-state index contributed by atoms with van der Waals surface area (Å²) in [7, 11) is 0. The van der Waals surface area contributed by atoms with Crippen LogP contribution in [0.1, 0.15) is 23.2 Å². The molecule has 0 unspecified atom stereocenters. The highest BCUT2D eigenvalue weighted by atomic mass is 79.9. The lowest BCUT2D eigenvalue weighted by Gasteiger charge is -2.12. The number of imidazole rings is 1. The number of carbonyl (C=O) groups excluding carboxylic acids is 1. The van der Waals surface area contributed by atoms with Crippen LogP contribution in [0.25, 0.3) is 5.69 Å². The number of nitrogen functional groups attached to an aromatic ring is 1. The van der Waals surface area contributed by atoms with Gasteiger partial charge in [0, 0.05) is 4.47 Å². The molecule has 0 radical (unpaired) electrons. The van der Waals surface area contributed by atoms with Crippen molar-refractivity contribution in [3.05, 3.63) is 38.2 Å². The number of ether oxygens (including phenoxy) is 1. The molecule has 2 aromatic rings. The summed E-state index contributed by atoms with van der Waals surface area (Å²) in [6.07, 6.45) is 0. The summed E-state index contributed by atoms with van der Waals surface area (Å²) in [6.45, 7) is 3.65. The number of hydrogen-bond acceptors (Lipinski definition) is 4. The van der Waals surface area contributed by atoms with E-state index in [1.54, 1.807) is 26.0 Å². The van der Waals surface area contributed by atoms with E-state index in [-0.39, 0.29) is 18.1 Å². The number of esters is 1. The lowest BCUT2D eigenvalue weighted by atomic mass is 10.3. The van der Waals surface area contributed by atoms with Gasteiger partial charge >= 0.3 is 5.97 Å². The number of rotatable bonds is 3. The lowest BCUT2D eigenvalue weighted by molar-refractivity contribution is 0.0521. The predicted molar refractivity (Wildman–Crippen MR) is 86.4 cm³/mol. The summed E-state index contributed by atoms with van der Waals surface area (Å²) in [5, 5.41) is 0.772. The monoisotopic (exact) mass is 391 g/mol. The molecule has 8 heteroatoms. The Morgan fingerprint density at radius 3 is 2.52 bits per heavy atom. The fourth-order valence-corrected chi connectivity index (χ4v) is 3.31. The number of anilines is 1. The van der Waals surface area contributed by atoms with Gasteiger partial charge in [0.2, 0.25) is 0 Å². The SMILES string of the molecule is CCOC(=O)c1nc(C)n(-c2c(Cl)cc(Br)cc2Cl)c1N. The minimum absolute atomic E-state index is 0.0457. The minimum Gasteiger partial charge on any atom is -0.461 e. The van der Waals surface area contributed by atoms with E-state index in [0.29, 0.717) is 21.6 Å². The van der Waals surface area contributed by atoms with Crippen molar-refractivity contribution in [3.8, 4) is 5.69 Å². The molecule has 0 saturated carbocycles. The van der Waals surface area contributed by atoms with Crippen molar-refractivity contribution in [3.63, 3.8) is 0 Å². The molecule has 1 heterocycles. The average molecular weight is 393 g/mol. The Labute approximate surface area is 140 Å². The summed E-state index contributed by atoms with van der Waals surface area (Å²) >= 11 is 15.8. The highest BCUT2D eigenvalue weighted by Gasteiger charge is 2.23. The molecule has 0 bridgehead atoms. The fraction of sp³-hybridized carbons (Fsp3) is 0.231. The minimum atomic E-state index is -0.582. The van der Waals surface area contributed by atoms with Crippen LogP contribution in [0, 0.1) is 6.92 Å². The van der Waals surface area contributed by atoms with E-state index < -0.39 is 5.97 Å². The molecule has 1 aromatic carbocycles. The van der Waals surface area contributed by atoms with E-state index in [2.05, 4.69) is 20.9 Å². The predicted octanol–water partition coefficient (Wildman–Crippen LogP) is 4.01. The highest BCUT2D eigenvalue weighted by Crippen LogP contribution is 2.35. The highest BCUT2D eigenvalue weighted by molar-refractivity contribution is 9.10. The summed E-state index contributed by atoms with van der Waals surface area (Å²) in [4.78, 5) is 16.0. The first-order valence-electron chi connectivity index (χ1n) is 6.03. The Morgan fingerprint density at radius 1 is 1.43 bits per heavy atom. The van der Waals surface area contributed by atoms with Gasteiger partial charge in [-0.1, -0.05) is 39.1 Å². The lowest BCUT2D eigenvalue weighted by Crippen LogP contribution is -2.10. The third-order valence-corrected chi connectivity index (χ3v) is 3.79. The second-order valence-electron chi connectivity index (χ2n) is 4.17. The molecule has 5 nitrogen and oxygen atoms in total. The Morgan fingerprint density at radius 2 is 2.00 bits per heavy atom. The zero-order valence-corrected chi connectivity index (χ0v) is 14.4. The molecule has 0 aliphatic heterocycles. The van der Waals surface area contributed by atoms with Crippen LogP contribution in [0.5, 0.6) is 0 Å². The van der Waals surface area contributed by atoms with Gasteiger partial charge in [0.05, 0.1) is 22.3 Å². The molecule has 112 valence electrons. The Bertz CT molecular complexity index is 693. The molecule has 0 fully saturated rings. The maximum atomic E-state index is 11.8. The second-order valence-corrected chi connectivity index (χ2v) is 5.90. The molecule has 0 amide bonds. The van der Waals surface area contributed by atoms with E-state index in [4.69, 9.17) is 33.7 Å². The topological polar surface area (TPSA) is 70.1 Å². The van der Waals surface area contributed by atoms with Gasteiger partial charge in [0.1, 0.15) is 11.6 Å². The Hall–Kier alpha value is -1.24. The van der Waals surface area contributed by atoms with E-state index in [9.17, 15) is 4.79 Å². The van der Waals surface area contributed by atoms with Gasteiger partial charge < -0.3 is 10.5 Å². The normalized spacial score (nSPS) is 10.7. The molecular weight excluding hydrogens is 381 g/mol. The Balaban J connectivity index is 2.64. The molecule has 21 heavy (non-hydrogen) atoms. The van der Waals surface area contributed by atoms with Gasteiger partial charge in [-0.15, -0.1) is 0 Å². The first-order valence-corrected chi connectivity index (χ1v) is 7.58. The number of halogens is 3. The van der Waals surface area contributed by atoms with E-state index in [1.807, 2.05) is 0 Å². The molecule has 0 aliphatic carbocycles. The van der Waals surface area contributed by atoms with Crippen LogP contribution >= 0.6 is 39.1 Å². The summed E-state index contributed by atoms with van der Waals surface area (Å²) < 4.78 is 7.19. The zero-order valence-electron chi connectivity index (χ0n) is 11.3. The van der Waals surface area contributed by atoms with Gasteiger partial charge in [0.15, 0.2) is 5.69 Å². The first-order chi connectivity index (χ1) is 9.86. The third-order valence-electron chi connectivity index (χ3n) is 2.75. The number of carbonyl (C=O) groups is 1. The summed E-state index contributed by atoms with van der Waals surface area (Å²) in [5.41, 5.74) is 6.53. The number of benzene rings is 1. The van der Waals surface area contributed by atoms with Crippen LogP contribution in [0.15, 0.2) is 16.6 Å². The van der Waals surface area contributed by atoms with E-state index in [0.717, 1.165) is 4.47 Å².